The highest BCUT2D eigenvalue weighted by atomic mass is 32.2. The number of fused-ring (bicyclic) bond motifs is 1. The molecule has 150 valence electrons. The monoisotopic (exact) mass is 422 g/mol. The summed E-state index contributed by atoms with van der Waals surface area (Å²) in [6.45, 7) is 0.828. The number of nitrogens with zero attached hydrogens (tertiary/aromatic N) is 3. The number of sulfonamides is 1. The highest BCUT2D eigenvalue weighted by Crippen LogP contribution is 2.22. The number of amidine groups is 1. The van der Waals surface area contributed by atoms with Crippen molar-refractivity contribution in [1.82, 2.24) is 24.8 Å². The second-order valence-corrected chi connectivity index (χ2v) is 8.46. The lowest BCUT2D eigenvalue weighted by Gasteiger charge is -2.04. The lowest BCUT2D eigenvalue weighted by Crippen LogP contribution is -2.24. The first-order valence-corrected chi connectivity index (χ1v) is 10.8. The second-order valence-electron chi connectivity index (χ2n) is 6.42. The molecular weight excluding hydrogens is 400 g/mol. The number of amides is 1. The van der Waals surface area contributed by atoms with Gasteiger partial charge in [-0.25, -0.2) is 8.42 Å². The molecule has 1 aromatic heterocycles. The number of nitrogens with one attached hydrogen (secondary N) is 3. The number of aromatic nitrogens is 3. The van der Waals surface area contributed by atoms with Gasteiger partial charge in [0, 0.05) is 25.6 Å². The summed E-state index contributed by atoms with van der Waals surface area (Å²) < 4.78 is 28.7. The van der Waals surface area contributed by atoms with E-state index in [-0.39, 0.29) is 10.8 Å². The van der Waals surface area contributed by atoms with E-state index in [0.29, 0.717) is 41.5 Å². The third kappa shape index (κ3) is 4.65. The van der Waals surface area contributed by atoms with Gasteiger partial charge in [0.25, 0.3) is 10.0 Å². The summed E-state index contributed by atoms with van der Waals surface area (Å²) in [5.74, 6) is 1.02. The Kier molecular flexibility index (Phi) is 6.25. The minimum absolute atomic E-state index is 0.0438. The maximum atomic E-state index is 12.0. The van der Waals surface area contributed by atoms with Crippen LogP contribution in [0, 0.1) is 4.77 Å². The Morgan fingerprint density at radius 3 is 2.82 bits per heavy atom. The largest absolute Gasteiger partial charge is 0.349 e. The minimum atomic E-state index is -3.49. The van der Waals surface area contributed by atoms with Gasteiger partial charge in [-0.1, -0.05) is 18.6 Å². The van der Waals surface area contributed by atoms with Gasteiger partial charge < -0.3 is 9.88 Å². The molecule has 1 aromatic carbocycles. The van der Waals surface area contributed by atoms with Gasteiger partial charge in [-0.15, -0.1) is 0 Å². The summed E-state index contributed by atoms with van der Waals surface area (Å²) in [7, 11) is -1.70. The van der Waals surface area contributed by atoms with Crippen molar-refractivity contribution >= 4 is 34.0 Å². The third-order valence-electron chi connectivity index (χ3n) is 4.41. The van der Waals surface area contributed by atoms with Gasteiger partial charge in [-0.3, -0.25) is 19.6 Å². The van der Waals surface area contributed by atoms with Crippen molar-refractivity contribution in [2.75, 3.05) is 6.54 Å². The first-order chi connectivity index (χ1) is 13.4. The van der Waals surface area contributed by atoms with Gasteiger partial charge >= 0.3 is 0 Å². The molecule has 28 heavy (non-hydrogen) atoms. The number of hydrogen-bond donors (Lipinski definition) is 3. The van der Waals surface area contributed by atoms with Crippen LogP contribution in [-0.2, 0) is 28.4 Å². The van der Waals surface area contributed by atoms with Crippen LogP contribution in [0.4, 0.5) is 0 Å². The molecule has 0 radical (unpaired) electrons. The normalized spacial score (nSPS) is 16.0. The Hall–Kier alpha value is -2.53. The van der Waals surface area contributed by atoms with Crippen LogP contribution in [0.15, 0.2) is 34.2 Å². The summed E-state index contributed by atoms with van der Waals surface area (Å²) in [4.78, 5) is 16.5. The van der Waals surface area contributed by atoms with Crippen molar-refractivity contribution in [2.24, 2.45) is 12.0 Å². The standard InChI is InChI=1S/C17H22N6O3S2/c1-23-14(20-21-17(23)27)11-19-15(24)9-3-2-6-10-18-16-12-7-4-5-8-13(12)28(25,26)22-16/h4-5,7-8H,2-3,6,9-11H2,1H3,(H,18,22)(H,19,24)(H,21,27). The summed E-state index contributed by atoms with van der Waals surface area (Å²) in [5, 5.41) is 9.53. The van der Waals surface area contributed by atoms with Gasteiger partial charge in [-0.2, -0.15) is 5.10 Å². The maximum absolute atomic E-state index is 12.0. The molecular formula is C17H22N6O3S2. The fourth-order valence-corrected chi connectivity index (χ4v) is 4.22. The number of hydrogen-bond acceptors (Lipinski definition) is 6. The topological polar surface area (TPSA) is 121 Å². The number of unbranched alkanes of at least 4 members (excludes halogenated alkanes) is 2. The zero-order valence-electron chi connectivity index (χ0n) is 15.4. The fourth-order valence-electron chi connectivity index (χ4n) is 2.82. The Balaban J connectivity index is 1.37. The van der Waals surface area contributed by atoms with Crippen molar-refractivity contribution < 1.29 is 13.2 Å². The molecule has 0 saturated heterocycles. The van der Waals surface area contributed by atoms with Crippen molar-refractivity contribution in [2.45, 2.75) is 37.1 Å². The van der Waals surface area contributed by atoms with Crippen molar-refractivity contribution in [3.05, 3.63) is 40.4 Å². The zero-order chi connectivity index (χ0) is 20.1. The van der Waals surface area contributed by atoms with E-state index in [2.05, 4.69) is 25.2 Å². The van der Waals surface area contributed by atoms with Crippen LogP contribution in [0.2, 0.25) is 0 Å². The first kappa shape index (κ1) is 20.2. The SMILES string of the molecule is Cn1c(CNC(=O)CCCCCN=C2NS(=O)(=O)c3ccccc32)n[nH]c1=S. The molecule has 9 nitrogen and oxygen atoms in total. The van der Waals surface area contributed by atoms with E-state index < -0.39 is 10.0 Å². The Labute approximate surface area is 168 Å². The van der Waals surface area contributed by atoms with Crippen LogP contribution >= 0.6 is 12.2 Å². The molecule has 2 heterocycles. The molecule has 0 bridgehead atoms. The van der Waals surface area contributed by atoms with E-state index in [1.54, 1.807) is 35.9 Å². The predicted molar refractivity (Wildman–Crippen MR) is 107 cm³/mol. The predicted octanol–water partition coefficient (Wildman–Crippen LogP) is 1.39. The van der Waals surface area contributed by atoms with Crippen molar-refractivity contribution in [1.29, 1.82) is 0 Å². The molecule has 0 atom stereocenters. The molecule has 2 aromatic rings. The molecule has 3 rings (SSSR count). The summed E-state index contributed by atoms with van der Waals surface area (Å²) in [6, 6.07) is 6.78. The molecule has 0 saturated carbocycles. The average molecular weight is 423 g/mol. The summed E-state index contributed by atoms with van der Waals surface area (Å²) >= 11 is 5.02. The van der Waals surface area contributed by atoms with Crippen LogP contribution in [0.3, 0.4) is 0 Å². The highest BCUT2D eigenvalue weighted by molar-refractivity contribution is 7.90. The van der Waals surface area contributed by atoms with E-state index in [9.17, 15) is 13.2 Å². The number of carbonyl (C=O) groups excluding carboxylic acids is 1. The molecule has 0 fully saturated rings. The van der Waals surface area contributed by atoms with E-state index in [1.165, 1.54) is 0 Å². The van der Waals surface area contributed by atoms with Crippen molar-refractivity contribution in [3.63, 3.8) is 0 Å². The number of H-pyrrole nitrogens is 1. The quantitative estimate of drug-likeness (QED) is 0.438. The molecule has 1 aliphatic rings. The summed E-state index contributed by atoms with van der Waals surface area (Å²) in [6.07, 6.45) is 2.75. The third-order valence-corrected chi connectivity index (χ3v) is 6.17. The van der Waals surface area contributed by atoms with E-state index in [0.717, 1.165) is 19.3 Å². The molecule has 0 unspecified atom stereocenters. The molecule has 11 heteroatoms. The van der Waals surface area contributed by atoms with Crippen LogP contribution in [0.5, 0.6) is 0 Å². The number of aliphatic imine (C=N–C) groups is 1. The minimum Gasteiger partial charge on any atom is -0.349 e. The summed E-state index contributed by atoms with van der Waals surface area (Å²) in [5.41, 5.74) is 0.607. The van der Waals surface area contributed by atoms with Crippen molar-refractivity contribution in [3.8, 4) is 0 Å². The molecule has 0 spiro atoms. The molecule has 0 aliphatic carbocycles. The number of benzene rings is 1. The van der Waals surface area contributed by atoms with Crippen LogP contribution in [-0.4, -0.2) is 41.5 Å². The Bertz CT molecular complexity index is 1050. The molecule has 3 N–H and O–H groups in total. The number of aromatic amines is 1. The van der Waals surface area contributed by atoms with Gasteiger partial charge in [-0.05, 0) is 37.2 Å². The van der Waals surface area contributed by atoms with E-state index in [1.807, 2.05) is 0 Å². The van der Waals surface area contributed by atoms with Gasteiger partial charge in [0.15, 0.2) is 10.6 Å². The van der Waals surface area contributed by atoms with E-state index in [4.69, 9.17) is 12.2 Å². The number of rotatable bonds is 8. The Morgan fingerprint density at radius 2 is 2.07 bits per heavy atom. The van der Waals surface area contributed by atoms with Gasteiger partial charge in [0.2, 0.25) is 5.91 Å². The second kappa shape index (κ2) is 8.65. The molecule has 1 amide bonds. The smallest absolute Gasteiger partial charge is 0.263 e. The lowest BCUT2D eigenvalue weighted by molar-refractivity contribution is -0.121. The zero-order valence-corrected chi connectivity index (χ0v) is 17.1. The maximum Gasteiger partial charge on any atom is 0.263 e. The van der Waals surface area contributed by atoms with Gasteiger partial charge in [0.05, 0.1) is 11.4 Å². The van der Waals surface area contributed by atoms with Crippen LogP contribution in [0.1, 0.15) is 37.1 Å². The van der Waals surface area contributed by atoms with E-state index >= 15 is 0 Å². The first-order valence-electron chi connectivity index (χ1n) is 8.92. The van der Waals surface area contributed by atoms with Crippen LogP contribution in [0.25, 0.3) is 0 Å². The lowest BCUT2D eigenvalue weighted by atomic mass is 10.2. The average Bonchev–Trinajstić information content (AvgIpc) is 3.13. The van der Waals surface area contributed by atoms with Crippen LogP contribution < -0.4 is 10.0 Å². The highest BCUT2D eigenvalue weighted by Gasteiger charge is 2.29. The fraction of sp³-hybridized carbons (Fsp3) is 0.412. The van der Waals surface area contributed by atoms with Gasteiger partial charge in [0.1, 0.15) is 5.84 Å². The number of carbonyl (C=O) groups is 1. The molecule has 1 aliphatic heterocycles. The Morgan fingerprint density at radius 1 is 1.29 bits per heavy atom.